The predicted octanol–water partition coefficient (Wildman–Crippen LogP) is 1.72. The summed E-state index contributed by atoms with van der Waals surface area (Å²) in [5.41, 5.74) is 0.208. The van der Waals surface area contributed by atoms with Gasteiger partial charge in [0.25, 0.3) is 0 Å². The molecule has 1 saturated heterocycles. The number of rotatable bonds is 6. The normalized spacial score (nSPS) is 22.6. The molecule has 1 aromatic carbocycles. The smallest absolute Gasteiger partial charge is 0.240 e. The van der Waals surface area contributed by atoms with Gasteiger partial charge in [0.05, 0.1) is 11.5 Å². The molecule has 1 fully saturated rings. The minimum atomic E-state index is -3.63. The Morgan fingerprint density at radius 2 is 2.24 bits per heavy atom. The summed E-state index contributed by atoms with van der Waals surface area (Å²) in [6.07, 6.45) is 1.26. The maximum atomic E-state index is 12.4. The molecule has 1 aliphatic rings. The second-order valence-electron chi connectivity index (χ2n) is 5.46. The van der Waals surface area contributed by atoms with Gasteiger partial charge in [-0.2, -0.15) is 0 Å². The molecule has 0 bridgehead atoms. The Labute approximate surface area is 130 Å². The van der Waals surface area contributed by atoms with Gasteiger partial charge in [-0.05, 0) is 37.5 Å². The molecule has 1 aromatic rings. The van der Waals surface area contributed by atoms with Crippen LogP contribution >= 0.6 is 11.6 Å². The third-order valence-corrected chi connectivity index (χ3v) is 5.93. The topological polar surface area (TPSA) is 75.6 Å². The van der Waals surface area contributed by atoms with Crippen molar-refractivity contribution in [2.45, 2.75) is 24.7 Å². The maximum absolute atomic E-state index is 12.4. The summed E-state index contributed by atoms with van der Waals surface area (Å²) in [5.74, 6) is 0. The standard InChI is InChI=1S/C14H20ClNO4S/c1-11-12(15)3-2-4-13(11)21(18,19)16-9-14(5-7-17)6-8-20-10-14/h2-4,16-17H,5-10H2,1H3/t14-/m0/s1. The first-order chi connectivity index (χ1) is 9.90. The second-order valence-corrected chi connectivity index (χ2v) is 7.61. The van der Waals surface area contributed by atoms with Crippen LogP contribution in [0.15, 0.2) is 23.1 Å². The highest BCUT2D eigenvalue weighted by Crippen LogP contribution is 2.32. The number of nitrogens with one attached hydrogen (secondary N) is 1. The summed E-state index contributed by atoms with van der Waals surface area (Å²) in [5, 5.41) is 9.59. The van der Waals surface area contributed by atoms with Crippen molar-refractivity contribution in [2.75, 3.05) is 26.4 Å². The number of halogens is 1. The SMILES string of the molecule is Cc1c(Cl)cccc1S(=O)(=O)NC[C@]1(CCO)CCOC1. The molecule has 1 heterocycles. The van der Waals surface area contributed by atoms with Crippen LogP contribution in [0.2, 0.25) is 5.02 Å². The van der Waals surface area contributed by atoms with Gasteiger partial charge in [-0.1, -0.05) is 17.7 Å². The number of hydrogen-bond donors (Lipinski definition) is 2. The highest BCUT2D eigenvalue weighted by Gasteiger charge is 2.35. The molecule has 2 rings (SSSR count). The molecule has 0 saturated carbocycles. The minimum absolute atomic E-state index is 0.0152. The van der Waals surface area contributed by atoms with Crippen molar-refractivity contribution in [2.24, 2.45) is 5.41 Å². The van der Waals surface area contributed by atoms with E-state index in [0.29, 0.717) is 30.2 Å². The first-order valence-electron chi connectivity index (χ1n) is 6.84. The summed E-state index contributed by atoms with van der Waals surface area (Å²) in [6.45, 7) is 3.00. The van der Waals surface area contributed by atoms with Gasteiger partial charge in [0.1, 0.15) is 0 Å². The molecule has 0 amide bonds. The average molecular weight is 334 g/mol. The molecule has 1 aliphatic heterocycles. The van der Waals surface area contributed by atoms with Gasteiger partial charge in [0.15, 0.2) is 0 Å². The quantitative estimate of drug-likeness (QED) is 0.831. The van der Waals surface area contributed by atoms with Crippen LogP contribution in [0.25, 0.3) is 0 Å². The van der Waals surface area contributed by atoms with Gasteiger partial charge in [-0.25, -0.2) is 13.1 Å². The summed E-state index contributed by atoms with van der Waals surface area (Å²) < 4.78 is 32.9. The van der Waals surface area contributed by atoms with E-state index in [4.69, 9.17) is 21.4 Å². The number of benzene rings is 1. The molecule has 0 aliphatic carbocycles. The Morgan fingerprint density at radius 3 is 2.86 bits per heavy atom. The van der Waals surface area contributed by atoms with Crippen LogP contribution in [0.5, 0.6) is 0 Å². The van der Waals surface area contributed by atoms with Gasteiger partial charge in [-0.3, -0.25) is 0 Å². The average Bonchev–Trinajstić information content (AvgIpc) is 2.89. The first-order valence-corrected chi connectivity index (χ1v) is 8.70. The van der Waals surface area contributed by atoms with E-state index in [-0.39, 0.29) is 23.5 Å². The third kappa shape index (κ3) is 3.76. The fraction of sp³-hybridized carbons (Fsp3) is 0.571. The van der Waals surface area contributed by atoms with E-state index in [1.807, 2.05) is 0 Å². The maximum Gasteiger partial charge on any atom is 0.240 e. The zero-order chi connectivity index (χ0) is 15.5. The van der Waals surface area contributed by atoms with Gasteiger partial charge in [0.2, 0.25) is 10.0 Å². The molecular weight excluding hydrogens is 314 g/mol. The zero-order valence-electron chi connectivity index (χ0n) is 11.9. The van der Waals surface area contributed by atoms with Crippen molar-refractivity contribution in [3.05, 3.63) is 28.8 Å². The van der Waals surface area contributed by atoms with Gasteiger partial charge in [0, 0.05) is 30.2 Å². The third-order valence-electron chi connectivity index (χ3n) is 3.97. The lowest BCUT2D eigenvalue weighted by atomic mass is 9.84. The van der Waals surface area contributed by atoms with Crippen LogP contribution in [0, 0.1) is 12.3 Å². The van der Waals surface area contributed by atoms with Crippen molar-refractivity contribution in [3.8, 4) is 0 Å². The van der Waals surface area contributed by atoms with Crippen LogP contribution in [0.3, 0.4) is 0 Å². The monoisotopic (exact) mass is 333 g/mol. The predicted molar refractivity (Wildman–Crippen MR) is 80.9 cm³/mol. The molecule has 0 aromatic heterocycles. The van der Waals surface area contributed by atoms with Gasteiger partial charge < -0.3 is 9.84 Å². The van der Waals surface area contributed by atoms with Crippen molar-refractivity contribution in [3.63, 3.8) is 0 Å². The number of aliphatic hydroxyl groups is 1. The van der Waals surface area contributed by atoms with Crippen LogP contribution in [0.1, 0.15) is 18.4 Å². The summed E-state index contributed by atoms with van der Waals surface area (Å²) in [7, 11) is -3.63. The van der Waals surface area contributed by atoms with Crippen molar-refractivity contribution >= 4 is 21.6 Å². The van der Waals surface area contributed by atoms with E-state index < -0.39 is 10.0 Å². The van der Waals surface area contributed by atoms with E-state index >= 15 is 0 Å². The van der Waals surface area contributed by atoms with Crippen molar-refractivity contribution in [1.29, 1.82) is 0 Å². The summed E-state index contributed by atoms with van der Waals surface area (Å²) in [4.78, 5) is 0.188. The number of ether oxygens (including phenoxy) is 1. The van der Waals surface area contributed by atoms with Crippen molar-refractivity contribution < 1.29 is 18.3 Å². The lowest BCUT2D eigenvalue weighted by Gasteiger charge is -2.26. The Balaban J connectivity index is 2.16. The number of hydrogen-bond acceptors (Lipinski definition) is 4. The Hall–Kier alpha value is -0.660. The van der Waals surface area contributed by atoms with Crippen molar-refractivity contribution in [1.82, 2.24) is 4.72 Å². The molecular formula is C14H20ClNO4S. The molecule has 0 radical (unpaired) electrons. The Bertz CT molecular complexity index is 597. The summed E-state index contributed by atoms with van der Waals surface area (Å²) >= 11 is 5.98. The highest BCUT2D eigenvalue weighted by atomic mass is 35.5. The fourth-order valence-corrected chi connectivity index (χ4v) is 4.17. The van der Waals surface area contributed by atoms with E-state index in [0.717, 1.165) is 6.42 Å². The molecule has 118 valence electrons. The van der Waals surface area contributed by atoms with Gasteiger partial charge in [-0.15, -0.1) is 0 Å². The van der Waals surface area contributed by atoms with Crippen LogP contribution in [-0.4, -0.2) is 39.9 Å². The summed E-state index contributed by atoms with van der Waals surface area (Å²) in [6, 6.07) is 4.81. The van der Waals surface area contributed by atoms with Gasteiger partial charge >= 0.3 is 0 Å². The molecule has 21 heavy (non-hydrogen) atoms. The van der Waals surface area contributed by atoms with E-state index in [9.17, 15) is 8.42 Å². The number of sulfonamides is 1. The molecule has 0 spiro atoms. The lowest BCUT2D eigenvalue weighted by molar-refractivity contribution is 0.128. The largest absolute Gasteiger partial charge is 0.396 e. The molecule has 7 heteroatoms. The molecule has 2 N–H and O–H groups in total. The highest BCUT2D eigenvalue weighted by molar-refractivity contribution is 7.89. The zero-order valence-corrected chi connectivity index (χ0v) is 13.5. The van der Waals surface area contributed by atoms with E-state index in [1.54, 1.807) is 19.1 Å². The molecule has 1 atom stereocenters. The van der Waals surface area contributed by atoms with Crippen LogP contribution in [0.4, 0.5) is 0 Å². The number of aliphatic hydroxyl groups excluding tert-OH is 1. The van der Waals surface area contributed by atoms with E-state index in [1.165, 1.54) is 6.07 Å². The minimum Gasteiger partial charge on any atom is -0.396 e. The fourth-order valence-electron chi connectivity index (χ4n) is 2.52. The first kappa shape index (κ1) is 16.7. The lowest BCUT2D eigenvalue weighted by Crippen LogP contribution is -2.39. The van der Waals surface area contributed by atoms with Crippen LogP contribution < -0.4 is 4.72 Å². The molecule has 0 unspecified atom stereocenters. The molecule has 5 nitrogen and oxygen atoms in total. The van der Waals surface area contributed by atoms with E-state index in [2.05, 4.69) is 4.72 Å². The van der Waals surface area contributed by atoms with Crippen LogP contribution in [-0.2, 0) is 14.8 Å². The second kappa shape index (κ2) is 6.62. The Kier molecular flexibility index (Phi) is 5.27. The Morgan fingerprint density at radius 1 is 1.48 bits per heavy atom.